The number of fused-ring (bicyclic) bond motifs is 1. The highest BCUT2D eigenvalue weighted by Gasteiger charge is 2.19. The highest BCUT2D eigenvalue weighted by Crippen LogP contribution is 2.28. The molecule has 3 aromatic carbocycles. The molecule has 6 nitrogen and oxygen atoms in total. The molecule has 0 spiro atoms. The first-order valence-electron chi connectivity index (χ1n) is 12.1. The molecule has 0 saturated heterocycles. The van der Waals surface area contributed by atoms with Gasteiger partial charge in [-0.2, -0.15) is 0 Å². The van der Waals surface area contributed by atoms with Crippen molar-refractivity contribution < 1.29 is 9.59 Å². The minimum atomic E-state index is -0.418. The van der Waals surface area contributed by atoms with Crippen molar-refractivity contribution in [3.8, 4) is 0 Å². The molecule has 0 unspecified atom stereocenters. The van der Waals surface area contributed by atoms with Crippen molar-refractivity contribution >= 4 is 34.0 Å². The number of amides is 2. The molecule has 1 aliphatic heterocycles. The molecular formula is C30H28N4O2. The van der Waals surface area contributed by atoms with Crippen LogP contribution in [0.4, 0.5) is 5.82 Å². The molecule has 1 aliphatic rings. The average Bonchev–Trinajstić information content (AvgIpc) is 2.92. The van der Waals surface area contributed by atoms with Gasteiger partial charge in [-0.3, -0.25) is 9.59 Å². The predicted octanol–water partition coefficient (Wildman–Crippen LogP) is 4.63. The fourth-order valence-corrected chi connectivity index (χ4v) is 4.63. The lowest BCUT2D eigenvalue weighted by Gasteiger charge is -2.27. The largest absolute Gasteiger partial charge is 0.383 e. The highest BCUT2D eigenvalue weighted by atomic mass is 16.2. The van der Waals surface area contributed by atoms with E-state index < -0.39 is 5.91 Å². The minimum absolute atomic E-state index is 0.0471. The van der Waals surface area contributed by atoms with Crippen LogP contribution in [0.5, 0.6) is 0 Å². The Morgan fingerprint density at radius 3 is 2.14 bits per heavy atom. The van der Waals surface area contributed by atoms with Crippen LogP contribution >= 0.6 is 0 Å². The number of rotatable bonds is 6. The van der Waals surface area contributed by atoms with Gasteiger partial charge in [-0.15, -0.1) is 0 Å². The number of carbonyl (C=O) groups is 2. The van der Waals surface area contributed by atoms with Crippen molar-refractivity contribution in [2.75, 3.05) is 18.8 Å². The average molecular weight is 477 g/mol. The summed E-state index contributed by atoms with van der Waals surface area (Å²) in [6, 6.07) is 23.4. The molecular weight excluding hydrogens is 448 g/mol. The Balaban J connectivity index is 1.20. The lowest BCUT2D eigenvalue weighted by molar-refractivity contribution is 0.0772. The number of hydrogen-bond acceptors (Lipinski definition) is 4. The van der Waals surface area contributed by atoms with Gasteiger partial charge in [0, 0.05) is 35.8 Å². The quantitative estimate of drug-likeness (QED) is 0.423. The number of nitrogens with two attached hydrogens (primary N) is 2. The van der Waals surface area contributed by atoms with E-state index in [1.54, 1.807) is 18.3 Å². The SMILES string of the molecule is NC(=O)c1ccc(CCc2ccc(C(=O)N3CC=C(c4ccc5ccnc(N)c5c4)CC3)cc2)cc1. The van der Waals surface area contributed by atoms with E-state index in [9.17, 15) is 9.59 Å². The first-order chi connectivity index (χ1) is 17.5. The van der Waals surface area contributed by atoms with Crippen LogP contribution in [0.1, 0.15) is 43.8 Å². The summed E-state index contributed by atoms with van der Waals surface area (Å²) in [5.74, 6) is 0.163. The Labute approximate surface area is 210 Å². The zero-order chi connectivity index (χ0) is 25.1. The molecule has 0 atom stereocenters. The summed E-state index contributed by atoms with van der Waals surface area (Å²) < 4.78 is 0. The summed E-state index contributed by atoms with van der Waals surface area (Å²) in [4.78, 5) is 30.4. The molecule has 2 heterocycles. The standard InChI is InChI=1S/C30H28N4O2/c31-28-27-19-26(12-11-23(27)13-16-33-28)22-14-17-34(18-15-22)30(36)25-9-5-21(6-10-25)2-1-20-3-7-24(8-4-20)29(32)35/h3-14,16,19H,1-2,15,17-18H2,(H2,31,33)(H2,32,35). The van der Waals surface area contributed by atoms with Gasteiger partial charge in [0.25, 0.3) is 5.91 Å². The molecule has 6 heteroatoms. The molecule has 0 fully saturated rings. The number of anilines is 1. The van der Waals surface area contributed by atoms with Gasteiger partial charge < -0.3 is 16.4 Å². The van der Waals surface area contributed by atoms with Crippen LogP contribution in [0.25, 0.3) is 16.3 Å². The topological polar surface area (TPSA) is 102 Å². The summed E-state index contributed by atoms with van der Waals surface area (Å²) in [6.45, 7) is 1.26. The Kier molecular flexibility index (Phi) is 6.50. The third-order valence-electron chi connectivity index (χ3n) is 6.81. The molecule has 1 aromatic heterocycles. The van der Waals surface area contributed by atoms with Gasteiger partial charge in [0.05, 0.1) is 0 Å². The number of nitrogens with zero attached hydrogens (tertiary/aromatic N) is 2. The number of hydrogen-bond donors (Lipinski definition) is 2. The van der Waals surface area contributed by atoms with Crippen molar-refractivity contribution in [1.29, 1.82) is 0 Å². The zero-order valence-electron chi connectivity index (χ0n) is 20.0. The van der Waals surface area contributed by atoms with Gasteiger partial charge >= 0.3 is 0 Å². The summed E-state index contributed by atoms with van der Waals surface area (Å²) in [7, 11) is 0. The molecule has 0 bridgehead atoms. The second-order valence-corrected chi connectivity index (χ2v) is 9.12. The predicted molar refractivity (Wildman–Crippen MR) is 143 cm³/mol. The summed E-state index contributed by atoms with van der Waals surface area (Å²) >= 11 is 0. The second kappa shape index (κ2) is 10.0. The number of aromatic nitrogens is 1. The molecule has 4 aromatic rings. The smallest absolute Gasteiger partial charge is 0.254 e. The molecule has 5 rings (SSSR count). The number of carbonyl (C=O) groups excluding carboxylic acids is 2. The van der Waals surface area contributed by atoms with Gasteiger partial charge in [0.15, 0.2) is 0 Å². The third kappa shape index (κ3) is 4.98. The van der Waals surface area contributed by atoms with Gasteiger partial charge in [-0.25, -0.2) is 4.98 Å². The van der Waals surface area contributed by atoms with E-state index >= 15 is 0 Å². The van der Waals surface area contributed by atoms with E-state index in [1.165, 1.54) is 5.57 Å². The van der Waals surface area contributed by atoms with E-state index in [-0.39, 0.29) is 5.91 Å². The summed E-state index contributed by atoms with van der Waals surface area (Å²) in [5, 5.41) is 2.03. The Bertz CT molecular complexity index is 1460. The number of primary amides is 1. The highest BCUT2D eigenvalue weighted by molar-refractivity contribution is 5.96. The fraction of sp³-hybridized carbons (Fsp3) is 0.167. The van der Waals surface area contributed by atoms with E-state index in [0.29, 0.717) is 30.0 Å². The van der Waals surface area contributed by atoms with E-state index in [0.717, 1.165) is 46.7 Å². The molecule has 36 heavy (non-hydrogen) atoms. The number of aryl methyl sites for hydroxylation is 2. The van der Waals surface area contributed by atoms with Crippen LogP contribution in [0.15, 0.2) is 85.1 Å². The Hall–Kier alpha value is -4.45. The third-order valence-corrected chi connectivity index (χ3v) is 6.81. The maximum atomic E-state index is 13.1. The van der Waals surface area contributed by atoms with Crippen LogP contribution in [0.3, 0.4) is 0 Å². The number of pyridine rings is 1. The molecule has 0 aliphatic carbocycles. The first kappa shape index (κ1) is 23.3. The maximum absolute atomic E-state index is 13.1. The minimum Gasteiger partial charge on any atom is -0.383 e. The normalized spacial score (nSPS) is 13.4. The van der Waals surface area contributed by atoms with Gasteiger partial charge in [0.2, 0.25) is 5.91 Å². The monoisotopic (exact) mass is 476 g/mol. The fourth-order valence-electron chi connectivity index (χ4n) is 4.63. The Morgan fingerprint density at radius 1 is 0.861 bits per heavy atom. The molecule has 0 radical (unpaired) electrons. The summed E-state index contributed by atoms with van der Waals surface area (Å²) in [6.07, 6.45) is 6.35. The first-order valence-corrected chi connectivity index (χ1v) is 12.1. The van der Waals surface area contributed by atoms with Crippen LogP contribution in [-0.4, -0.2) is 34.8 Å². The van der Waals surface area contributed by atoms with Gasteiger partial charge in [-0.05, 0) is 83.3 Å². The molecule has 180 valence electrons. The maximum Gasteiger partial charge on any atom is 0.254 e. The molecule has 2 amide bonds. The number of nitrogen functional groups attached to an aromatic ring is 1. The van der Waals surface area contributed by atoms with Crippen LogP contribution in [0.2, 0.25) is 0 Å². The lowest BCUT2D eigenvalue weighted by atomic mass is 9.96. The van der Waals surface area contributed by atoms with Crippen molar-refractivity contribution in [2.24, 2.45) is 5.73 Å². The molecule has 0 saturated carbocycles. The van der Waals surface area contributed by atoms with E-state index in [4.69, 9.17) is 11.5 Å². The summed E-state index contributed by atoms with van der Waals surface area (Å²) in [5.41, 5.74) is 17.2. The lowest BCUT2D eigenvalue weighted by Crippen LogP contribution is -2.34. The van der Waals surface area contributed by atoms with Crippen molar-refractivity contribution in [3.63, 3.8) is 0 Å². The van der Waals surface area contributed by atoms with Crippen LogP contribution in [0, 0.1) is 0 Å². The van der Waals surface area contributed by atoms with Gasteiger partial charge in [-0.1, -0.05) is 42.5 Å². The second-order valence-electron chi connectivity index (χ2n) is 9.12. The zero-order valence-corrected chi connectivity index (χ0v) is 20.0. The van der Waals surface area contributed by atoms with Crippen molar-refractivity contribution in [2.45, 2.75) is 19.3 Å². The van der Waals surface area contributed by atoms with Crippen LogP contribution in [-0.2, 0) is 12.8 Å². The van der Waals surface area contributed by atoms with Crippen molar-refractivity contribution in [1.82, 2.24) is 9.88 Å². The molecule has 4 N–H and O–H groups in total. The van der Waals surface area contributed by atoms with Crippen molar-refractivity contribution in [3.05, 3.63) is 113 Å². The Morgan fingerprint density at radius 2 is 1.53 bits per heavy atom. The van der Waals surface area contributed by atoms with Crippen LogP contribution < -0.4 is 11.5 Å². The number of benzene rings is 3. The van der Waals surface area contributed by atoms with E-state index in [2.05, 4.69) is 29.3 Å². The van der Waals surface area contributed by atoms with E-state index in [1.807, 2.05) is 47.4 Å². The van der Waals surface area contributed by atoms with Gasteiger partial charge in [0.1, 0.15) is 5.82 Å².